The Bertz CT molecular complexity index is 1640. The molecule has 1 heterocycles. The summed E-state index contributed by atoms with van der Waals surface area (Å²) >= 11 is 0. The average molecular weight is 741 g/mol. The lowest BCUT2D eigenvalue weighted by molar-refractivity contribution is -0.218. The lowest BCUT2D eigenvalue weighted by Crippen LogP contribution is -2.54. The van der Waals surface area contributed by atoms with E-state index in [0.717, 1.165) is 50.5 Å². The van der Waals surface area contributed by atoms with E-state index >= 15 is 0 Å². The van der Waals surface area contributed by atoms with Crippen molar-refractivity contribution in [2.24, 2.45) is 34.5 Å². The Morgan fingerprint density at radius 2 is 1.69 bits per heavy atom. The molecule has 3 unspecified atom stereocenters. The molecule has 4 aliphatic carbocycles. The van der Waals surface area contributed by atoms with E-state index in [1.165, 1.54) is 19.4 Å². The second-order valence-electron chi connectivity index (χ2n) is 17.4. The van der Waals surface area contributed by atoms with Crippen LogP contribution in [0.4, 0.5) is 0 Å². The van der Waals surface area contributed by atoms with Gasteiger partial charge in [-0.25, -0.2) is 8.42 Å². The minimum atomic E-state index is -3.93. The Morgan fingerprint density at radius 1 is 0.981 bits per heavy atom. The number of hydrogen-bond acceptors (Lipinski definition) is 9. The van der Waals surface area contributed by atoms with Gasteiger partial charge in [0.2, 0.25) is 0 Å². The van der Waals surface area contributed by atoms with E-state index in [4.69, 9.17) is 18.9 Å². The third-order valence-corrected chi connectivity index (χ3v) is 15.8. The monoisotopic (exact) mass is 740 g/mol. The van der Waals surface area contributed by atoms with Crippen LogP contribution in [0, 0.1) is 34.5 Å². The lowest BCUT2D eigenvalue weighted by atomic mass is 9.49. The summed E-state index contributed by atoms with van der Waals surface area (Å²) in [6.07, 6.45) is 9.77. The Labute approximate surface area is 310 Å². The quantitative estimate of drug-likeness (QED) is 0.230. The van der Waals surface area contributed by atoms with Gasteiger partial charge in [-0.1, -0.05) is 62.3 Å². The van der Waals surface area contributed by atoms with Crippen LogP contribution in [-0.2, 0) is 38.4 Å². The molecule has 1 aliphatic heterocycles. The van der Waals surface area contributed by atoms with Crippen molar-refractivity contribution in [1.82, 2.24) is 0 Å². The predicted molar refractivity (Wildman–Crippen MR) is 198 cm³/mol. The molecule has 0 aromatic heterocycles. The van der Waals surface area contributed by atoms with E-state index in [1.54, 1.807) is 30.3 Å². The first kappa shape index (κ1) is 39.2. The second-order valence-corrected chi connectivity index (χ2v) is 19.5. The highest BCUT2D eigenvalue weighted by molar-refractivity contribution is 7.92. The number of hydrogen-bond donors (Lipinski definition) is 1. The highest BCUT2D eigenvalue weighted by Crippen LogP contribution is 2.66. The first-order valence-corrected chi connectivity index (χ1v) is 21.0. The predicted octanol–water partition coefficient (Wildman–Crippen LogP) is 7.51. The molecule has 4 fully saturated rings. The zero-order valence-corrected chi connectivity index (χ0v) is 33.0. The Hall–Kier alpha value is -2.53. The molecular formula is C42H60O9S. The van der Waals surface area contributed by atoms with Crippen molar-refractivity contribution in [3.8, 4) is 0 Å². The Kier molecular flexibility index (Phi) is 11.3. The summed E-state index contributed by atoms with van der Waals surface area (Å²) in [5.74, 6) is -0.464. The van der Waals surface area contributed by atoms with E-state index in [9.17, 15) is 23.1 Å². The molecule has 6 rings (SSSR count). The van der Waals surface area contributed by atoms with Gasteiger partial charge in [0.25, 0.3) is 0 Å². The third-order valence-electron chi connectivity index (χ3n) is 13.6. The molecule has 11 atom stereocenters. The summed E-state index contributed by atoms with van der Waals surface area (Å²) in [5.41, 5.74) is 1.10. The van der Waals surface area contributed by atoms with E-state index in [1.807, 2.05) is 20.8 Å². The standard InChI is InChI=1S/C42H60O9S/c1-26(39(45)36(52(46,47)31-13-9-8-10-14-31)25-40(4,5)51-38-15-11-12-22-48-38)33-18-19-34-32-17-16-29-23-30(49-27(2)43)24-37(50-28(3)44)42(29,7)35(32)20-21-41(33,34)6/h8-10,13-14,16-17,26,30,33-39,45H,11-12,15,18-25H2,1-7H3/t26-,30+,33+,34-,35-,36?,37-,38?,39?,41+,42-/m0/s1. The highest BCUT2D eigenvalue weighted by atomic mass is 32.2. The summed E-state index contributed by atoms with van der Waals surface area (Å²) in [7, 11) is -3.93. The first-order valence-electron chi connectivity index (χ1n) is 19.5. The largest absolute Gasteiger partial charge is 0.462 e. The number of carbonyl (C=O) groups is 2. The zero-order valence-electron chi connectivity index (χ0n) is 32.1. The smallest absolute Gasteiger partial charge is 0.302 e. The van der Waals surface area contributed by atoms with Crippen molar-refractivity contribution >= 4 is 21.8 Å². The van der Waals surface area contributed by atoms with Crippen LogP contribution >= 0.6 is 0 Å². The van der Waals surface area contributed by atoms with Gasteiger partial charge in [-0.05, 0) is 106 Å². The number of aliphatic hydroxyl groups excluding tert-OH is 1. The van der Waals surface area contributed by atoms with Gasteiger partial charge in [-0.2, -0.15) is 0 Å². The van der Waals surface area contributed by atoms with Crippen molar-refractivity contribution in [3.63, 3.8) is 0 Å². The van der Waals surface area contributed by atoms with Crippen molar-refractivity contribution in [2.45, 2.75) is 153 Å². The maximum Gasteiger partial charge on any atom is 0.302 e. The second kappa shape index (κ2) is 15.0. The number of esters is 2. The molecule has 1 aromatic carbocycles. The van der Waals surface area contributed by atoms with Gasteiger partial charge >= 0.3 is 11.9 Å². The summed E-state index contributed by atoms with van der Waals surface area (Å²) in [5, 5.41) is 11.3. The molecule has 0 radical (unpaired) electrons. The zero-order chi connectivity index (χ0) is 37.6. The number of sulfone groups is 1. The molecule has 0 amide bonds. The van der Waals surface area contributed by atoms with Crippen molar-refractivity contribution < 1.29 is 42.1 Å². The Morgan fingerprint density at radius 3 is 2.35 bits per heavy atom. The fourth-order valence-corrected chi connectivity index (χ4v) is 13.2. The van der Waals surface area contributed by atoms with Crippen molar-refractivity contribution in [1.29, 1.82) is 0 Å². The summed E-state index contributed by atoms with van der Waals surface area (Å²) in [6.45, 7) is 13.9. The third kappa shape index (κ3) is 7.43. The van der Waals surface area contributed by atoms with Gasteiger partial charge in [0.1, 0.15) is 12.2 Å². The molecule has 1 saturated heterocycles. The van der Waals surface area contributed by atoms with Crippen LogP contribution in [0.2, 0.25) is 0 Å². The van der Waals surface area contributed by atoms with Crippen molar-refractivity contribution in [3.05, 3.63) is 53.6 Å². The average Bonchev–Trinajstić information content (AvgIpc) is 3.44. The van der Waals surface area contributed by atoms with Crippen LogP contribution in [0.1, 0.15) is 113 Å². The fraction of sp³-hybridized carbons (Fsp3) is 0.714. The topological polar surface area (TPSA) is 125 Å². The number of ether oxygens (including phenoxy) is 4. The Balaban J connectivity index is 1.28. The number of aliphatic hydroxyl groups is 1. The molecule has 3 saturated carbocycles. The van der Waals surface area contributed by atoms with E-state index in [-0.39, 0.29) is 64.7 Å². The van der Waals surface area contributed by atoms with Gasteiger partial charge < -0.3 is 24.1 Å². The molecule has 1 aromatic rings. The summed E-state index contributed by atoms with van der Waals surface area (Å²) in [4.78, 5) is 24.5. The van der Waals surface area contributed by atoms with Crippen LogP contribution in [0.15, 0.2) is 58.5 Å². The number of rotatable bonds is 11. The SMILES string of the molecule is CC(=O)O[C@@H]1CC2=CC=C3[C@@H]4CC[C@H]([C@H](C)C(O)C(CC(C)(C)OC5CCCCO5)S(=O)(=O)c5ccccc5)[C@@]4(C)CC[C@@H]3[C@@]2(C)[C@@H](OC(C)=O)C1. The van der Waals surface area contributed by atoms with Gasteiger partial charge in [-0.15, -0.1) is 0 Å². The molecular weight excluding hydrogens is 681 g/mol. The van der Waals surface area contributed by atoms with E-state index < -0.39 is 38.3 Å². The van der Waals surface area contributed by atoms with Crippen LogP contribution in [0.5, 0.6) is 0 Å². The molecule has 52 heavy (non-hydrogen) atoms. The molecule has 10 heteroatoms. The van der Waals surface area contributed by atoms with E-state index in [2.05, 4.69) is 26.0 Å². The number of benzene rings is 1. The van der Waals surface area contributed by atoms with Gasteiger partial charge in [0.05, 0.1) is 21.9 Å². The summed E-state index contributed by atoms with van der Waals surface area (Å²) in [6, 6.07) is 8.49. The summed E-state index contributed by atoms with van der Waals surface area (Å²) < 4.78 is 52.8. The number of carbonyl (C=O) groups excluding carboxylic acids is 2. The number of fused-ring (bicyclic) bond motifs is 5. The lowest BCUT2D eigenvalue weighted by Gasteiger charge is -2.57. The molecule has 5 aliphatic rings. The molecule has 0 bridgehead atoms. The number of allylic oxidation sites excluding steroid dienone is 3. The van der Waals surface area contributed by atoms with Gasteiger partial charge in [0, 0.05) is 38.7 Å². The highest BCUT2D eigenvalue weighted by Gasteiger charge is 2.61. The minimum Gasteiger partial charge on any atom is -0.462 e. The molecule has 288 valence electrons. The van der Waals surface area contributed by atoms with Gasteiger partial charge in [0.15, 0.2) is 16.1 Å². The fourth-order valence-electron chi connectivity index (χ4n) is 11.1. The maximum absolute atomic E-state index is 14.4. The first-order chi connectivity index (χ1) is 24.5. The van der Waals surface area contributed by atoms with Crippen molar-refractivity contribution in [2.75, 3.05) is 6.61 Å². The normalized spacial score (nSPS) is 35.1. The van der Waals surface area contributed by atoms with E-state index in [0.29, 0.717) is 19.4 Å². The van der Waals surface area contributed by atoms with Crippen LogP contribution in [0.25, 0.3) is 0 Å². The molecule has 9 nitrogen and oxygen atoms in total. The molecule has 1 N–H and O–H groups in total. The van der Waals surface area contributed by atoms with Crippen LogP contribution in [0.3, 0.4) is 0 Å². The molecule has 0 spiro atoms. The van der Waals surface area contributed by atoms with Gasteiger partial charge in [-0.3, -0.25) is 9.59 Å². The maximum atomic E-state index is 14.4. The van der Waals surface area contributed by atoms with Crippen LogP contribution < -0.4 is 0 Å². The van der Waals surface area contributed by atoms with Crippen LogP contribution in [-0.4, -0.2) is 67.5 Å². The minimum absolute atomic E-state index is 0.0932.